The maximum atomic E-state index is 10.1. The molecule has 0 aromatic carbocycles. The largest absolute Gasteiger partial charge is 0.480 e. The summed E-state index contributed by atoms with van der Waals surface area (Å²) in [6.45, 7) is -0.133. The zero-order valence-corrected chi connectivity index (χ0v) is 7.49. The van der Waals surface area contributed by atoms with Crippen LogP contribution in [0.2, 0.25) is 5.02 Å². The first-order valence-electron chi connectivity index (χ1n) is 3.58. The fraction of sp³-hybridized carbons (Fsp3) is 0.250. The van der Waals surface area contributed by atoms with Crippen LogP contribution >= 0.6 is 11.6 Å². The van der Waals surface area contributed by atoms with E-state index in [4.69, 9.17) is 21.4 Å². The van der Waals surface area contributed by atoms with E-state index >= 15 is 0 Å². The summed E-state index contributed by atoms with van der Waals surface area (Å²) in [5.41, 5.74) is 0.734. The molecule has 1 aromatic rings. The standard InChI is InChI=1S/C8H8ClNO3/c9-7-3-10-2-1-6(7)4-13-5-8(11)12/h1-3H,4-5H2,(H,11,12). The van der Waals surface area contributed by atoms with E-state index in [1.165, 1.54) is 6.20 Å². The number of hydrogen-bond donors (Lipinski definition) is 1. The first-order chi connectivity index (χ1) is 6.20. The van der Waals surface area contributed by atoms with Crippen molar-refractivity contribution >= 4 is 17.6 Å². The fourth-order valence-corrected chi connectivity index (χ4v) is 0.943. The summed E-state index contributed by atoms with van der Waals surface area (Å²) in [5, 5.41) is 8.77. The van der Waals surface area contributed by atoms with E-state index in [9.17, 15) is 4.79 Å². The molecule has 0 aliphatic heterocycles. The topological polar surface area (TPSA) is 59.4 Å². The molecule has 1 aromatic heterocycles. The molecule has 0 amide bonds. The van der Waals surface area contributed by atoms with Crippen molar-refractivity contribution < 1.29 is 14.6 Å². The summed E-state index contributed by atoms with van der Waals surface area (Å²) >= 11 is 5.75. The van der Waals surface area contributed by atoms with Crippen LogP contribution in [0.25, 0.3) is 0 Å². The Bertz CT molecular complexity index is 303. The van der Waals surface area contributed by atoms with E-state index in [1.807, 2.05) is 0 Å². The van der Waals surface area contributed by atoms with E-state index in [2.05, 4.69) is 4.98 Å². The van der Waals surface area contributed by atoms with Crippen LogP contribution in [0, 0.1) is 0 Å². The van der Waals surface area contributed by atoms with Gasteiger partial charge >= 0.3 is 5.97 Å². The van der Waals surface area contributed by atoms with Gasteiger partial charge < -0.3 is 9.84 Å². The monoisotopic (exact) mass is 201 g/mol. The smallest absolute Gasteiger partial charge is 0.329 e. The zero-order chi connectivity index (χ0) is 9.68. The number of halogens is 1. The Balaban J connectivity index is 2.45. The van der Waals surface area contributed by atoms with Gasteiger partial charge in [0.05, 0.1) is 11.6 Å². The zero-order valence-electron chi connectivity index (χ0n) is 6.74. The number of aliphatic carboxylic acids is 1. The van der Waals surface area contributed by atoms with Crippen LogP contribution in [0.15, 0.2) is 18.5 Å². The quantitative estimate of drug-likeness (QED) is 0.799. The minimum atomic E-state index is -0.995. The highest BCUT2D eigenvalue weighted by Gasteiger charge is 2.01. The van der Waals surface area contributed by atoms with Gasteiger partial charge in [0.25, 0.3) is 0 Å². The number of hydrogen-bond acceptors (Lipinski definition) is 3. The first kappa shape index (κ1) is 9.95. The Labute approximate surface area is 80.1 Å². The van der Waals surface area contributed by atoms with Crippen molar-refractivity contribution in [3.8, 4) is 0 Å². The molecule has 0 fully saturated rings. The third-order valence-corrected chi connectivity index (χ3v) is 1.68. The number of aromatic nitrogens is 1. The second-order valence-electron chi connectivity index (χ2n) is 2.35. The van der Waals surface area contributed by atoms with Crippen LogP contribution in [0.5, 0.6) is 0 Å². The molecule has 0 aliphatic carbocycles. The number of rotatable bonds is 4. The molecule has 0 unspecified atom stereocenters. The van der Waals surface area contributed by atoms with Crippen molar-refractivity contribution in [2.24, 2.45) is 0 Å². The van der Waals surface area contributed by atoms with E-state index in [0.717, 1.165) is 5.56 Å². The minimum absolute atomic E-state index is 0.188. The minimum Gasteiger partial charge on any atom is -0.480 e. The van der Waals surface area contributed by atoms with Crippen molar-refractivity contribution in [2.45, 2.75) is 6.61 Å². The second-order valence-corrected chi connectivity index (χ2v) is 2.76. The van der Waals surface area contributed by atoms with Gasteiger partial charge in [0.15, 0.2) is 0 Å². The molecule has 0 atom stereocenters. The van der Waals surface area contributed by atoms with Gasteiger partial charge in [-0.3, -0.25) is 4.98 Å². The van der Waals surface area contributed by atoms with Crippen molar-refractivity contribution in [1.82, 2.24) is 4.98 Å². The first-order valence-corrected chi connectivity index (χ1v) is 3.96. The highest BCUT2D eigenvalue weighted by Crippen LogP contribution is 2.13. The molecule has 0 spiro atoms. The summed E-state index contributed by atoms with van der Waals surface area (Å²) in [6, 6.07) is 1.68. The summed E-state index contributed by atoms with van der Waals surface area (Å²) < 4.78 is 4.85. The number of carboxylic acid groups (broad SMARTS) is 1. The molecular weight excluding hydrogens is 194 g/mol. The Hall–Kier alpha value is -1.13. The summed E-state index contributed by atoms with van der Waals surface area (Å²) in [6.07, 6.45) is 3.06. The Morgan fingerprint density at radius 2 is 2.46 bits per heavy atom. The van der Waals surface area contributed by atoms with Gasteiger partial charge in [-0.25, -0.2) is 4.79 Å². The molecule has 1 N–H and O–H groups in total. The fourth-order valence-electron chi connectivity index (χ4n) is 0.769. The number of carboxylic acids is 1. The molecule has 0 saturated carbocycles. The Morgan fingerprint density at radius 1 is 1.69 bits per heavy atom. The molecule has 0 radical (unpaired) electrons. The lowest BCUT2D eigenvalue weighted by Crippen LogP contribution is -2.06. The Morgan fingerprint density at radius 3 is 3.08 bits per heavy atom. The SMILES string of the molecule is O=C(O)COCc1ccncc1Cl. The van der Waals surface area contributed by atoms with Gasteiger partial charge in [-0.1, -0.05) is 11.6 Å². The second kappa shape index (κ2) is 4.79. The van der Waals surface area contributed by atoms with Gasteiger partial charge in [-0.2, -0.15) is 0 Å². The van der Waals surface area contributed by atoms with Crippen molar-refractivity contribution in [2.75, 3.05) is 6.61 Å². The summed E-state index contributed by atoms with van der Waals surface area (Å²) in [4.78, 5) is 13.9. The molecule has 1 rings (SSSR count). The average Bonchev–Trinajstić information content (AvgIpc) is 2.08. The molecule has 1 heterocycles. The molecule has 0 saturated heterocycles. The number of nitrogens with zero attached hydrogens (tertiary/aromatic N) is 1. The van der Waals surface area contributed by atoms with Crippen molar-refractivity contribution in [3.05, 3.63) is 29.0 Å². The van der Waals surface area contributed by atoms with E-state index in [0.29, 0.717) is 5.02 Å². The third kappa shape index (κ3) is 3.40. The molecule has 0 aliphatic rings. The summed E-state index contributed by atoms with van der Waals surface area (Å²) in [5.74, 6) is -0.995. The molecule has 4 nitrogen and oxygen atoms in total. The molecule has 0 bridgehead atoms. The van der Waals surface area contributed by atoms with Crippen LogP contribution < -0.4 is 0 Å². The van der Waals surface area contributed by atoms with Gasteiger partial charge in [0.2, 0.25) is 0 Å². The van der Waals surface area contributed by atoms with Crippen molar-refractivity contribution in [1.29, 1.82) is 0 Å². The van der Waals surface area contributed by atoms with Crippen LogP contribution in [0.4, 0.5) is 0 Å². The number of carbonyl (C=O) groups is 1. The van der Waals surface area contributed by atoms with E-state index in [-0.39, 0.29) is 13.2 Å². The maximum absolute atomic E-state index is 10.1. The Kier molecular flexibility index (Phi) is 3.67. The van der Waals surface area contributed by atoms with Crippen LogP contribution in [-0.4, -0.2) is 22.7 Å². The van der Waals surface area contributed by atoms with Crippen molar-refractivity contribution in [3.63, 3.8) is 0 Å². The molecule has 70 valence electrons. The van der Waals surface area contributed by atoms with Crippen LogP contribution in [0.1, 0.15) is 5.56 Å². The molecule has 5 heteroatoms. The van der Waals surface area contributed by atoms with Gasteiger partial charge in [-0.05, 0) is 11.6 Å². The number of ether oxygens (including phenoxy) is 1. The molecular formula is C8H8ClNO3. The lowest BCUT2D eigenvalue weighted by molar-refractivity contribution is -0.142. The lowest BCUT2D eigenvalue weighted by atomic mass is 10.3. The normalized spacial score (nSPS) is 9.92. The average molecular weight is 202 g/mol. The predicted octanol–water partition coefficient (Wildman–Crippen LogP) is 1.34. The van der Waals surface area contributed by atoms with E-state index in [1.54, 1.807) is 12.3 Å². The number of pyridine rings is 1. The van der Waals surface area contributed by atoms with Crippen LogP contribution in [0.3, 0.4) is 0 Å². The summed E-state index contributed by atoms with van der Waals surface area (Å²) in [7, 11) is 0. The highest BCUT2D eigenvalue weighted by atomic mass is 35.5. The maximum Gasteiger partial charge on any atom is 0.329 e. The van der Waals surface area contributed by atoms with Gasteiger partial charge in [-0.15, -0.1) is 0 Å². The van der Waals surface area contributed by atoms with E-state index < -0.39 is 5.97 Å². The van der Waals surface area contributed by atoms with Gasteiger partial charge in [0, 0.05) is 12.4 Å². The highest BCUT2D eigenvalue weighted by molar-refractivity contribution is 6.31. The third-order valence-electron chi connectivity index (χ3n) is 1.34. The van der Waals surface area contributed by atoms with Crippen LogP contribution in [-0.2, 0) is 16.1 Å². The van der Waals surface area contributed by atoms with Gasteiger partial charge in [0.1, 0.15) is 6.61 Å². The lowest BCUT2D eigenvalue weighted by Gasteiger charge is -2.02. The predicted molar refractivity (Wildman–Crippen MR) is 46.5 cm³/mol. The molecule has 13 heavy (non-hydrogen) atoms.